The minimum atomic E-state index is -0.574. The first-order valence-electron chi connectivity index (χ1n) is 8.60. The summed E-state index contributed by atoms with van der Waals surface area (Å²) in [5.41, 5.74) is 7.71. The van der Waals surface area contributed by atoms with Crippen molar-refractivity contribution < 1.29 is 9.59 Å². The minimum Gasteiger partial charge on any atom is -0.368 e. The summed E-state index contributed by atoms with van der Waals surface area (Å²) in [6.07, 6.45) is 0. The van der Waals surface area contributed by atoms with Gasteiger partial charge in [0.2, 0.25) is 5.91 Å². The highest BCUT2D eigenvalue weighted by atomic mass is 16.2. The van der Waals surface area contributed by atoms with Crippen molar-refractivity contribution in [3.8, 4) is 0 Å². The maximum Gasteiger partial charge on any atom is 0.251 e. The lowest BCUT2D eigenvalue weighted by Gasteiger charge is -2.22. The van der Waals surface area contributed by atoms with E-state index in [-0.39, 0.29) is 12.5 Å². The average Bonchev–Trinajstić information content (AvgIpc) is 2.68. The van der Waals surface area contributed by atoms with Crippen LogP contribution in [0.5, 0.6) is 0 Å². The van der Waals surface area contributed by atoms with E-state index in [9.17, 15) is 9.59 Å². The molecule has 0 spiro atoms. The van der Waals surface area contributed by atoms with E-state index in [4.69, 9.17) is 5.73 Å². The van der Waals surface area contributed by atoms with Crippen molar-refractivity contribution in [3.63, 3.8) is 0 Å². The van der Waals surface area contributed by atoms with Crippen LogP contribution in [0.2, 0.25) is 0 Å². The summed E-state index contributed by atoms with van der Waals surface area (Å²) in [4.78, 5) is 28.9. The van der Waals surface area contributed by atoms with Crippen LogP contribution in [0.25, 0.3) is 0 Å². The molecule has 7 nitrogen and oxygen atoms in total. The van der Waals surface area contributed by atoms with Crippen LogP contribution in [0.15, 0.2) is 59.6 Å². The van der Waals surface area contributed by atoms with Crippen LogP contribution in [0.3, 0.4) is 0 Å². The third-order valence-electron chi connectivity index (χ3n) is 3.93. The van der Waals surface area contributed by atoms with E-state index in [2.05, 4.69) is 27.8 Å². The Morgan fingerprint density at radius 2 is 1.67 bits per heavy atom. The summed E-state index contributed by atoms with van der Waals surface area (Å²) >= 11 is 0. The Morgan fingerprint density at radius 1 is 1.00 bits per heavy atom. The fraction of sp³-hybridized carbons (Fsp3) is 0.250. The van der Waals surface area contributed by atoms with E-state index in [1.165, 1.54) is 5.56 Å². The van der Waals surface area contributed by atoms with Gasteiger partial charge >= 0.3 is 0 Å². The van der Waals surface area contributed by atoms with Crippen LogP contribution in [-0.4, -0.2) is 43.3 Å². The molecule has 7 heteroatoms. The first-order chi connectivity index (χ1) is 13.0. The maximum absolute atomic E-state index is 11.9. The normalized spacial score (nSPS) is 11.0. The molecule has 0 fully saturated rings. The van der Waals surface area contributed by atoms with Gasteiger partial charge in [0.05, 0.1) is 6.54 Å². The lowest BCUT2D eigenvalue weighted by atomic mass is 10.1. The summed E-state index contributed by atoms with van der Waals surface area (Å²) in [6, 6.07) is 17.3. The monoisotopic (exact) mass is 367 g/mol. The first kappa shape index (κ1) is 20.0. The summed E-state index contributed by atoms with van der Waals surface area (Å²) < 4.78 is 0. The summed E-state index contributed by atoms with van der Waals surface area (Å²) in [5, 5.41) is 5.77. The van der Waals surface area contributed by atoms with Gasteiger partial charge in [-0.15, -0.1) is 0 Å². The SMILES string of the molecule is CN=C(NCc1ccc(C(=O)NCC(N)=O)cc1)N(C)Cc1ccccc1. The molecule has 2 amide bonds. The molecule has 4 N–H and O–H groups in total. The van der Waals surface area contributed by atoms with Gasteiger partial charge in [-0.1, -0.05) is 42.5 Å². The predicted octanol–water partition coefficient (Wildman–Crippen LogP) is 1.11. The summed E-state index contributed by atoms with van der Waals surface area (Å²) in [7, 11) is 3.73. The molecule has 142 valence electrons. The molecule has 0 radical (unpaired) electrons. The number of aliphatic imine (C=N–C) groups is 1. The smallest absolute Gasteiger partial charge is 0.251 e. The zero-order valence-electron chi connectivity index (χ0n) is 15.6. The van der Waals surface area contributed by atoms with Gasteiger partial charge in [0, 0.05) is 32.7 Å². The fourth-order valence-corrected chi connectivity index (χ4v) is 2.54. The van der Waals surface area contributed by atoms with Crippen molar-refractivity contribution in [2.75, 3.05) is 20.6 Å². The molecule has 0 saturated carbocycles. The van der Waals surface area contributed by atoms with E-state index < -0.39 is 5.91 Å². The fourth-order valence-electron chi connectivity index (χ4n) is 2.54. The van der Waals surface area contributed by atoms with Gasteiger partial charge in [0.25, 0.3) is 5.91 Å². The van der Waals surface area contributed by atoms with E-state index in [1.54, 1.807) is 19.2 Å². The second kappa shape index (κ2) is 9.96. The number of nitrogens with two attached hydrogens (primary N) is 1. The predicted molar refractivity (Wildman–Crippen MR) is 106 cm³/mol. The molecule has 2 rings (SSSR count). The van der Waals surface area contributed by atoms with Crippen molar-refractivity contribution >= 4 is 17.8 Å². The van der Waals surface area contributed by atoms with Crippen LogP contribution < -0.4 is 16.4 Å². The van der Waals surface area contributed by atoms with Crippen molar-refractivity contribution in [1.82, 2.24) is 15.5 Å². The van der Waals surface area contributed by atoms with E-state index in [0.717, 1.165) is 18.1 Å². The highest BCUT2D eigenvalue weighted by Crippen LogP contribution is 2.06. The third-order valence-corrected chi connectivity index (χ3v) is 3.93. The van der Waals surface area contributed by atoms with Crippen LogP contribution in [0, 0.1) is 0 Å². The quantitative estimate of drug-likeness (QED) is 0.504. The number of benzene rings is 2. The second-order valence-corrected chi connectivity index (χ2v) is 6.09. The Morgan fingerprint density at radius 3 is 2.26 bits per heavy atom. The molecular formula is C20H25N5O2. The highest BCUT2D eigenvalue weighted by molar-refractivity contribution is 5.96. The second-order valence-electron chi connectivity index (χ2n) is 6.09. The lowest BCUT2D eigenvalue weighted by molar-refractivity contribution is -0.117. The summed E-state index contributed by atoms with van der Waals surface area (Å²) in [5.74, 6) is -0.121. The van der Waals surface area contributed by atoms with E-state index in [1.807, 2.05) is 42.3 Å². The zero-order valence-corrected chi connectivity index (χ0v) is 15.6. The van der Waals surface area contributed by atoms with Gasteiger partial charge in [-0.05, 0) is 23.3 Å². The average molecular weight is 367 g/mol. The number of carbonyl (C=O) groups is 2. The number of nitrogens with zero attached hydrogens (tertiary/aromatic N) is 2. The molecule has 0 unspecified atom stereocenters. The minimum absolute atomic E-state index is 0.174. The lowest BCUT2D eigenvalue weighted by Crippen LogP contribution is -2.38. The molecule has 0 heterocycles. The summed E-state index contributed by atoms with van der Waals surface area (Å²) in [6.45, 7) is 1.15. The van der Waals surface area contributed by atoms with Crippen LogP contribution >= 0.6 is 0 Å². The zero-order chi connectivity index (χ0) is 19.6. The van der Waals surface area contributed by atoms with E-state index >= 15 is 0 Å². The topological polar surface area (TPSA) is 99.8 Å². The Kier molecular flexibility index (Phi) is 7.37. The van der Waals surface area contributed by atoms with Gasteiger partial charge in [-0.3, -0.25) is 14.6 Å². The first-order valence-corrected chi connectivity index (χ1v) is 8.60. The van der Waals surface area contributed by atoms with Gasteiger partial charge in [-0.2, -0.15) is 0 Å². The molecule has 0 aliphatic rings. The molecule has 0 bridgehead atoms. The van der Waals surface area contributed by atoms with Gasteiger partial charge in [0.1, 0.15) is 0 Å². The standard InChI is InChI=1S/C20H25N5O2/c1-22-20(25(2)14-16-6-4-3-5-7-16)24-12-15-8-10-17(11-9-15)19(27)23-13-18(21)26/h3-11H,12-14H2,1-2H3,(H2,21,26)(H,22,24)(H,23,27). The number of rotatable bonds is 7. The molecule has 0 aliphatic carbocycles. The molecular weight excluding hydrogens is 342 g/mol. The van der Waals surface area contributed by atoms with Gasteiger partial charge in [0.15, 0.2) is 5.96 Å². The molecule has 0 aliphatic heterocycles. The van der Waals surface area contributed by atoms with Gasteiger partial charge in [-0.25, -0.2) is 0 Å². The van der Waals surface area contributed by atoms with Crippen molar-refractivity contribution in [2.45, 2.75) is 13.1 Å². The number of guanidine groups is 1. The highest BCUT2D eigenvalue weighted by Gasteiger charge is 2.08. The van der Waals surface area contributed by atoms with Crippen molar-refractivity contribution in [3.05, 3.63) is 71.3 Å². The third kappa shape index (κ3) is 6.47. The van der Waals surface area contributed by atoms with Crippen molar-refractivity contribution in [1.29, 1.82) is 0 Å². The number of amides is 2. The molecule has 0 atom stereocenters. The Bertz CT molecular complexity index is 788. The molecule has 0 aromatic heterocycles. The Balaban J connectivity index is 1.88. The van der Waals surface area contributed by atoms with Crippen LogP contribution in [-0.2, 0) is 17.9 Å². The molecule has 0 saturated heterocycles. The number of nitrogens with one attached hydrogen (secondary N) is 2. The molecule has 27 heavy (non-hydrogen) atoms. The molecule has 2 aromatic carbocycles. The number of hydrogen-bond acceptors (Lipinski definition) is 3. The van der Waals surface area contributed by atoms with E-state index in [0.29, 0.717) is 12.1 Å². The van der Waals surface area contributed by atoms with Crippen LogP contribution in [0.1, 0.15) is 21.5 Å². The largest absolute Gasteiger partial charge is 0.368 e. The molecule has 2 aromatic rings. The number of carbonyl (C=O) groups excluding carboxylic acids is 2. The number of primary amides is 1. The maximum atomic E-state index is 11.9. The Hall–Kier alpha value is -3.35. The van der Waals surface area contributed by atoms with Crippen molar-refractivity contribution in [2.24, 2.45) is 10.7 Å². The van der Waals surface area contributed by atoms with Crippen LogP contribution in [0.4, 0.5) is 0 Å². The number of hydrogen-bond donors (Lipinski definition) is 3. The Labute approximate surface area is 159 Å². The van der Waals surface area contributed by atoms with Gasteiger partial charge < -0.3 is 21.3 Å².